The quantitative estimate of drug-likeness (QED) is 0.224. The Labute approximate surface area is 203 Å². The molecule has 2 aliphatic rings. The third kappa shape index (κ3) is 3.52. The number of nitrogens with zero attached hydrogens (tertiary/aromatic N) is 2. The largest absolute Gasteiger partial charge is 0.494 e. The number of ether oxygens (including phenoxy) is 4. The minimum atomic E-state index is -4.87. The predicted octanol–water partition coefficient (Wildman–Crippen LogP) is 3.22. The van der Waals surface area contributed by atoms with E-state index in [1.807, 2.05) is 0 Å². The molecule has 10 nitrogen and oxygen atoms in total. The number of fused-ring (bicyclic) bond motifs is 5. The lowest BCUT2D eigenvalue weighted by Gasteiger charge is -2.35. The molecule has 3 N–H and O–H groups in total. The van der Waals surface area contributed by atoms with E-state index < -0.39 is 58.8 Å². The van der Waals surface area contributed by atoms with E-state index in [9.17, 15) is 33.3 Å². The molecule has 13 heteroatoms. The molecule has 1 aromatic heterocycles. The Hall–Kier alpha value is -3.31. The number of methoxy groups -OCH3 is 1. The topological polar surface area (TPSA) is 124 Å². The van der Waals surface area contributed by atoms with Gasteiger partial charge in [-0.1, -0.05) is 6.07 Å². The average Bonchev–Trinajstić information content (AvgIpc) is 3.31. The van der Waals surface area contributed by atoms with Gasteiger partial charge in [0.2, 0.25) is 11.8 Å². The fourth-order valence-electron chi connectivity index (χ4n) is 5.04. The molecule has 194 valence electrons. The van der Waals surface area contributed by atoms with Crippen LogP contribution in [-0.4, -0.2) is 58.6 Å². The zero-order valence-corrected chi connectivity index (χ0v) is 19.5. The van der Waals surface area contributed by atoms with Crippen LogP contribution in [0.3, 0.4) is 0 Å². The third-order valence-electron chi connectivity index (χ3n) is 6.65. The normalized spacial score (nSPS) is 26.6. The molecule has 2 aliphatic heterocycles. The van der Waals surface area contributed by atoms with Crippen LogP contribution in [0.15, 0.2) is 18.2 Å². The van der Waals surface area contributed by atoms with E-state index in [1.165, 1.54) is 21.0 Å². The van der Waals surface area contributed by atoms with Gasteiger partial charge in [0.25, 0.3) is 0 Å². The highest BCUT2D eigenvalue weighted by Gasteiger charge is 2.74. The maximum absolute atomic E-state index is 13.5. The number of aromatic nitrogens is 1. The summed E-state index contributed by atoms with van der Waals surface area (Å²) in [5, 5.41) is 33.4. The molecule has 2 aromatic rings. The van der Waals surface area contributed by atoms with Crippen LogP contribution < -0.4 is 0 Å². The summed E-state index contributed by atoms with van der Waals surface area (Å²) in [6.07, 6.45) is -5.24. The Morgan fingerprint density at radius 2 is 1.89 bits per heavy atom. The number of benzene rings is 1. The lowest BCUT2D eigenvalue weighted by molar-refractivity contribution is -0.197. The van der Waals surface area contributed by atoms with Crippen molar-refractivity contribution in [2.24, 2.45) is 0 Å². The fourth-order valence-corrected chi connectivity index (χ4v) is 5.04. The molecule has 0 spiro atoms. The van der Waals surface area contributed by atoms with Crippen LogP contribution >= 0.6 is 0 Å². The van der Waals surface area contributed by atoms with Gasteiger partial charge in [0.1, 0.15) is 11.2 Å². The number of alkyl halides is 3. The standard InChI is InChI=1S/C23H23F3N2O8/c1-20-10-22(32,19(31)35-11-34-8-7-33-4)21(2,36-20)16-15(20)17(29)28(18(16)30)12-5-6-14(27-3)13(9-12)23(24,25)26/h5-6,9,29-30,32H,7-8,10-11H2,1-2,4H3/t20?,21?,22-/m1/s1. The van der Waals surface area contributed by atoms with Crippen LogP contribution in [0.5, 0.6) is 11.8 Å². The van der Waals surface area contributed by atoms with E-state index in [2.05, 4.69) is 4.85 Å². The summed E-state index contributed by atoms with van der Waals surface area (Å²) >= 11 is 0. The van der Waals surface area contributed by atoms with E-state index in [4.69, 9.17) is 25.5 Å². The monoisotopic (exact) mass is 512 g/mol. The van der Waals surface area contributed by atoms with Gasteiger partial charge in [-0.3, -0.25) is 4.57 Å². The number of esters is 1. The smallest absolute Gasteiger partial charge is 0.407 e. The van der Waals surface area contributed by atoms with E-state index in [1.54, 1.807) is 0 Å². The summed E-state index contributed by atoms with van der Waals surface area (Å²) < 4.78 is 62.2. The van der Waals surface area contributed by atoms with E-state index in [0.717, 1.165) is 16.7 Å². The molecule has 3 heterocycles. The van der Waals surface area contributed by atoms with Gasteiger partial charge in [-0.25, -0.2) is 9.64 Å². The third-order valence-corrected chi connectivity index (χ3v) is 6.65. The van der Waals surface area contributed by atoms with Gasteiger partial charge < -0.3 is 34.3 Å². The molecule has 0 radical (unpaired) electrons. The second-order valence-corrected chi connectivity index (χ2v) is 8.90. The van der Waals surface area contributed by atoms with Crippen molar-refractivity contribution < 1.29 is 52.2 Å². The van der Waals surface area contributed by atoms with Gasteiger partial charge in [0.05, 0.1) is 42.2 Å². The molecule has 2 bridgehead atoms. The summed E-state index contributed by atoms with van der Waals surface area (Å²) in [7, 11) is 1.46. The molecule has 36 heavy (non-hydrogen) atoms. The van der Waals surface area contributed by atoms with Crippen LogP contribution in [-0.2, 0) is 41.1 Å². The van der Waals surface area contributed by atoms with Crippen LogP contribution in [0.25, 0.3) is 10.5 Å². The van der Waals surface area contributed by atoms with Crippen LogP contribution in [0.1, 0.15) is 37.0 Å². The molecular weight excluding hydrogens is 489 g/mol. The lowest BCUT2D eigenvalue weighted by Crippen LogP contribution is -2.54. The summed E-state index contributed by atoms with van der Waals surface area (Å²) in [4.78, 5) is 15.8. The first-order chi connectivity index (χ1) is 16.7. The van der Waals surface area contributed by atoms with Gasteiger partial charge >= 0.3 is 12.1 Å². The molecule has 0 amide bonds. The second-order valence-electron chi connectivity index (χ2n) is 8.90. The average molecular weight is 512 g/mol. The minimum Gasteiger partial charge on any atom is -0.494 e. The van der Waals surface area contributed by atoms with E-state index >= 15 is 0 Å². The summed E-state index contributed by atoms with van der Waals surface area (Å²) in [6.45, 7) is 9.65. The van der Waals surface area contributed by atoms with Gasteiger partial charge in [0, 0.05) is 13.5 Å². The van der Waals surface area contributed by atoms with Crippen molar-refractivity contribution in [2.75, 3.05) is 27.1 Å². The highest BCUT2D eigenvalue weighted by Crippen LogP contribution is 2.68. The molecule has 2 unspecified atom stereocenters. The first-order valence-electron chi connectivity index (χ1n) is 10.7. The van der Waals surface area contributed by atoms with E-state index in [0.29, 0.717) is 6.07 Å². The number of halogens is 3. The zero-order chi connectivity index (χ0) is 26.7. The highest BCUT2D eigenvalue weighted by atomic mass is 19.4. The van der Waals surface area contributed by atoms with Gasteiger partial charge in [0.15, 0.2) is 18.1 Å². The van der Waals surface area contributed by atoms with Crippen molar-refractivity contribution >= 4 is 11.7 Å². The second kappa shape index (κ2) is 8.38. The zero-order valence-electron chi connectivity index (χ0n) is 19.5. The molecule has 1 fully saturated rings. The van der Waals surface area contributed by atoms with E-state index in [-0.39, 0.29) is 36.4 Å². The Balaban J connectivity index is 1.77. The number of carbonyl (C=O) groups excluding carboxylic acids is 1. The Bertz CT molecular complexity index is 1270. The number of hydrogen-bond donors (Lipinski definition) is 3. The number of aliphatic hydroxyl groups is 1. The molecule has 0 aliphatic carbocycles. The van der Waals surface area contributed by atoms with Crippen LogP contribution in [0, 0.1) is 6.57 Å². The maximum Gasteiger partial charge on any atom is 0.407 e. The number of hydrogen-bond acceptors (Lipinski definition) is 8. The summed E-state index contributed by atoms with van der Waals surface area (Å²) in [5.41, 5.74) is -8.09. The van der Waals surface area contributed by atoms with Crippen molar-refractivity contribution in [1.82, 2.24) is 4.57 Å². The van der Waals surface area contributed by atoms with Crippen molar-refractivity contribution in [3.8, 4) is 17.4 Å². The SMILES string of the molecule is [C-]#[N+]c1ccc(-n2c(O)c3c(c2O)C2(C)OC3(C)C[C@@]2(O)C(=O)OCOCCOC)cc1C(F)(F)F. The van der Waals surface area contributed by atoms with Gasteiger partial charge in [-0.05, 0) is 26.0 Å². The van der Waals surface area contributed by atoms with Crippen molar-refractivity contribution in [3.05, 3.63) is 46.3 Å². The number of carbonyl (C=O) groups is 1. The summed E-state index contributed by atoms with van der Waals surface area (Å²) in [5.74, 6) is -2.47. The molecule has 3 atom stereocenters. The number of rotatable bonds is 7. The predicted molar refractivity (Wildman–Crippen MR) is 115 cm³/mol. The van der Waals surface area contributed by atoms with Crippen LogP contribution in [0.4, 0.5) is 18.9 Å². The number of aromatic hydroxyl groups is 2. The maximum atomic E-state index is 13.5. The fraction of sp³-hybridized carbons (Fsp3) is 0.478. The Morgan fingerprint density at radius 1 is 1.22 bits per heavy atom. The highest BCUT2D eigenvalue weighted by molar-refractivity contribution is 5.84. The minimum absolute atomic E-state index is 0.0131. The van der Waals surface area contributed by atoms with Crippen molar-refractivity contribution in [2.45, 2.75) is 43.2 Å². The van der Waals surface area contributed by atoms with Gasteiger partial charge in [-0.15, -0.1) is 0 Å². The Kier molecular flexibility index (Phi) is 6.00. The lowest BCUT2D eigenvalue weighted by atomic mass is 9.69. The van der Waals surface area contributed by atoms with Crippen molar-refractivity contribution in [1.29, 1.82) is 0 Å². The van der Waals surface area contributed by atoms with Crippen molar-refractivity contribution in [3.63, 3.8) is 0 Å². The summed E-state index contributed by atoms with van der Waals surface area (Å²) in [6, 6.07) is 2.66. The first-order valence-corrected chi connectivity index (χ1v) is 10.7. The van der Waals surface area contributed by atoms with Crippen LogP contribution in [0.2, 0.25) is 0 Å². The molecule has 0 saturated carbocycles. The molecule has 4 rings (SSSR count). The molecule has 1 aromatic carbocycles. The van der Waals surface area contributed by atoms with Gasteiger partial charge in [-0.2, -0.15) is 13.2 Å². The molecular formula is C23H23F3N2O8. The molecule has 1 saturated heterocycles. The Morgan fingerprint density at radius 3 is 2.50 bits per heavy atom. The first kappa shape index (κ1) is 25.8.